The highest BCUT2D eigenvalue weighted by Crippen LogP contribution is 2.18. The predicted molar refractivity (Wildman–Crippen MR) is 59.0 cm³/mol. The zero-order valence-corrected chi connectivity index (χ0v) is 9.69. The number of aliphatic hydroxyl groups is 1. The third-order valence-electron chi connectivity index (χ3n) is 2.26. The van der Waals surface area contributed by atoms with Crippen molar-refractivity contribution >= 4 is 5.82 Å². The number of aromatic nitrogens is 2. The average Bonchev–Trinajstić information content (AvgIpc) is 2.52. The van der Waals surface area contributed by atoms with E-state index in [0.29, 0.717) is 23.7 Å². The molecule has 0 aliphatic rings. The van der Waals surface area contributed by atoms with Crippen molar-refractivity contribution in [1.29, 1.82) is 5.26 Å². The van der Waals surface area contributed by atoms with Gasteiger partial charge in [-0.2, -0.15) is 10.4 Å². The molecule has 1 rings (SSSR count). The fraction of sp³-hybridized carbons (Fsp3) is 0.600. The minimum absolute atomic E-state index is 0.0665. The topological polar surface area (TPSA) is 83.1 Å². The molecule has 1 unspecified atom stereocenters. The molecule has 1 aromatic rings. The maximum absolute atomic E-state index is 9.12. The summed E-state index contributed by atoms with van der Waals surface area (Å²) < 4.78 is 6.54. The third kappa shape index (κ3) is 2.51. The molecule has 0 amide bonds. The van der Waals surface area contributed by atoms with Gasteiger partial charge in [0.15, 0.2) is 0 Å². The van der Waals surface area contributed by atoms with Crippen LogP contribution >= 0.6 is 0 Å². The number of methoxy groups -OCH3 is 1. The summed E-state index contributed by atoms with van der Waals surface area (Å²) in [6.45, 7) is 2.07. The molecule has 0 bridgehead atoms. The summed E-state index contributed by atoms with van der Waals surface area (Å²) in [5.41, 5.74) is 1.17. The first-order valence-corrected chi connectivity index (χ1v) is 4.94. The first kappa shape index (κ1) is 12.5. The number of hydrogen-bond acceptors (Lipinski definition) is 5. The van der Waals surface area contributed by atoms with E-state index < -0.39 is 0 Å². The molecule has 0 radical (unpaired) electrons. The van der Waals surface area contributed by atoms with E-state index >= 15 is 0 Å². The highest BCUT2D eigenvalue weighted by Gasteiger charge is 2.16. The van der Waals surface area contributed by atoms with E-state index in [1.54, 1.807) is 25.8 Å². The van der Waals surface area contributed by atoms with E-state index in [2.05, 4.69) is 16.5 Å². The Morgan fingerprint density at radius 2 is 2.38 bits per heavy atom. The van der Waals surface area contributed by atoms with Crippen LogP contribution in [-0.2, 0) is 11.8 Å². The van der Waals surface area contributed by atoms with Gasteiger partial charge in [0, 0.05) is 14.2 Å². The van der Waals surface area contributed by atoms with E-state index in [0.717, 1.165) is 0 Å². The molecule has 1 heterocycles. The fourth-order valence-corrected chi connectivity index (χ4v) is 1.49. The van der Waals surface area contributed by atoms with Crippen molar-refractivity contribution in [1.82, 2.24) is 9.78 Å². The molecule has 0 aliphatic heterocycles. The lowest BCUT2D eigenvalue weighted by molar-refractivity contribution is 0.153. The standard InChI is InChI=1S/C10H16N4O2/c1-7-9(4-11)10(14(2)13-7)12-8(5-15)6-16-3/h8,12,15H,5-6H2,1-3H3. The van der Waals surface area contributed by atoms with Crippen LogP contribution in [0.5, 0.6) is 0 Å². The lowest BCUT2D eigenvalue weighted by Crippen LogP contribution is -2.30. The van der Waals surface area contributed by atoms with Crippen LogP contribution in [0.3, 0.4) is 0 Å². The first-order chi connectivity index (χ1) is 7.63. The van der Waals surface area contributed by atoms with Gasteiger partial charge in [0.2, 0.25) is 0 Å². The Morgan fingerprint density at radius 3 is 2.88 bits per heavy atom. The second-order valence-electron chi connectivity index (χ2n) is 3.52. The minimum atomic E-state index is -0.244. The van der Waals surface area contributed by atoms with Crippen molar-refractivity contribution in [3.8, 4) is 6.07 Å². The van der Waals surface area contributed by atoms with Crippen LogP contribution in [0.4, 0.5) is 5.82 Å². The number of aryl methyl sites for hydroxylation is 2. The molecule has 0 spiro atoms. The highest BCUT2D eigenvalue weighted by atomic mass is 16.5. The summed E-state index contributed by atoms with van der Waals surface area (Å²) in [5.74, 6) is 0.608. The van der Waals surface area contributed by atoms with Crippen molar-refractivity contribution in [3.63, 3.8) is 0 Å². The van der Waals surface area contributed by atoms with E-state index in [4.69, 9.17) is 15.1 Å². The van der Waals surface area contributed by atoms with Crippen LogP contribution in [0.2, 0.25) is 0 Å². The molecule has 6 heteroatoms. The maximum atomic E-state index is 9.12. The van der Waals surface area contributed by atoms with E-state index in [1.807, 2.05) is 0 Å². The number of ether oxygens (including phenoxy) is 1. The molecule has 1 aromatic heterocycles. The second-order valence-corrected chi connectivity index (χ2v) is 3.52. The maximum Gasteiger partial charge on any atom is 0.142 e. The molecular formula is C10H16N4O2. The summed E-state index contributed by atoms with van der Waals surface area (Å²) in [5, 5.41) is 25.3. The number of anilines is 1. The molecule has 0 saturated carbocycles. The molecule has 88 valence electrons. The molecular weight excluding hydrogens is 208 g/mol. The molecule has 2 N–H and O–H groups in total. The number of nitrogens with one attached hydrogen (secondary N) is 1. The van der Waals surface area contributed by atoms with Gasteiger partial charge in [0.1, 0.15) is 17.5 Å². The molecule has 0 saturated heterocycles. The van der Waals surface area contributed by atoms with Crippen LogP contribution < -0.4 is 5.32 Å². The Hall–Kier alpha value is -1.58. The molecule has 16 heavy (non-hydrogen) atoms. The van der Waals surface area contributed by atoms with Crippen molar-refractivity contribution < 1.29 is 9.84 Å². The summed E-state index contributed by atoms with van der Waals surface area (Å²) in [6.07, 6.45) is 0. The summed E-state index contributed by atoms with van der Waals surface area (Å²) in [6, 6.07) is 1.84. The van der Waals surface area contributed by atoms with Crippen molar-refractivity contribution in [2.75, 3.05) is 25.6 Å². The van der Waals surface area contributed by atoms with Crippen LogP contribution in [0, 0.1) is 18.3 Å². The molecule has 0 aliphatic carbocycles. The Kier molecular flexibility index (Phi) is 4.28. The van der Waals surface area contributed by atoms with E-state index in [-0.39, 0.29) is 12.6 Å². The number of nitriles is 1. The van der Waals surface area contributed by atoms with Crippen molar-refractivity contribution in [2.45, 2.75) is 13.0 Å². The van der Waals surface area contributed by atoms with E-state index in [9.17, 15) is 0 Å². The minimum Gasteiger partial charge on any atom is -0.394 e. The number of aliphatic hydroxyl groups excluding tert-OH is 1. The van der Waals surface area contributed by atoms with E-state index in [1.165, 1.54) is 0 Å². The average molecular weight is 224 g/mol. The summed E-state index contributed by atoms with van der Waals surface area (Å²) in [7, 11) is 3.31. The first-order valence-electron chi connectivity index (χ1n) is 4.94. The van der Waals surface area contributed by atoms with Crippen LogP contribution in [0.15, 0.2) is 0 Å². The Labute approximate surface area is 94.4 Å². The van der Waals surface area contributed by atoms with Gasteiger partial charge in [-0.25, -0.2) is 0 Å². The zero-order chi connectivity index (χ0) is 12.1. The van der Waals surface area contributed by atoms with Crippen LogP contribution in [-0.4, -0.2) is 41.3 Å². The van der Waals surface area contributed by atoms with Crippen molar-refractivity contribution in [3.05, 3.63) is 11.3 Å². The lowest BCUT2D eigenvalue weighted by Gasteiger charge is -2.16. The smallest absolute Gasteiger partial charge is 0.142 e. The van der Waals surface area contributed by atoms with Crippen molar-refractivity contribution in [2.24, 2.45) is 7.05 Å². The number of nitrogens with zero attached hydrogens (tertiary/aromatic N) is 3. The van der Waals surface area contributed by atoms with Crippen LogP contribution in [0.1, 0.15) is 11.3 Å². The van der Waals surface area contributed by atoms with Gasteiger partial charge in [-0.15, -0.1) is 0 Å². The Morgan fingerprint density at radius 1 is 1.69 bits per heavy atom. The highest BCUT2D eigenvalue weighted by molar-refractivity contribution is 5.55. The largest absolute Gasteiger partial charge is 0.394 e. The molecule has 1 atom stereocenters. The molecule has 0 aromatic carbocycles. The summed E-state index contributed by atoms with van der Waals surface area (Å²) in [4.78, 5) is 0. The van der Waals surface area contributed by atoms with Gasteiger partial charge in [-0.3, -0.25) is 4.68 Å². The van der Waals surface area contributed by atoms with Gasteiger partial charge >= 0.3 is 0 Å². The number of hydrogen-bond donors (Lipinski definition) is 2. The predicted octanol–water partition coefficient (Wildman–Crippen LogP) is 0.0194. The van der Waals surface area contributed by atoms with Gasteiger partial charge in [-0.05, 0) is 6.92 Å². The SMILES string of the molecule is COCC(CO)Nc1c(C#N)c(C)nn1C. The Bertz CT molecular complexity index is 394. The second kappa shape index (κ2) is 5.49. The molecule has 6 nitrogen and oxygen atoms in total. The normalized spacial score (nSPS) is 12.2. The van der Waals surface area contributed by atoms with Gasteiger partial charge in [0.05, 0.1) is 24.9 Å². The Balaban J connectivity index is 2.91. The fourth-order valence-electron chi connectivity index (χ4n) is 1.49. The molecule has 0 fully saturated rings. The lowest BCUT2D eigenvalue weighted by atomic mass is 10.2. The monoisotopic (exact) mass is 224 g/mol. The number of rotatable bonds is 5. The summed E-state index contributed by atoms with van der Waals surface area (Å²) >= 11 is 0. The van der Waals surface area contributed by atoms with Gasteiger partial charge < -0.3 is 15.2 Å². The quantitative estimate of drug-likeness (QED) is 0.736. The third-order valence-corrected chi connectivity index (χ3v) is 2.26. The van der Waals surface area contributed by atoms with Gasteiger partial charge in [-0.1, -0.05) is 0 Å². The van der Waals surface area contributed by atoms with Gasteiger partial charge in [0.25, 0.3) is 0 Å². The van der Waals surface area contributed by atoms with Crippen LogP contribution in [0.25, 0.3) is 0 Å². The zero-order valence-electron chi connectivity index (χ0n) is 9.69.